The molecule has 1 aliphatic rings. The van der Waals surface area contributed by atoms with E-state index in [1.54, 1.807) is 0 Å². The third-order valence-electron chi connectivity index (χ3n) is 3.85. The highest BCUT2D eigenvalue weighted by Crippen LogP contribution is 2.30. The van der Waals surface area contributed by atoms with Crippen LogP contribution in [0.25, 0.3) is 0 Å². The van der Waals surface area contributed by atoms with E-state index in [1.165, 1.54) is 5.56 Å². The molecular weight excluding hydrogens is 304 g/mol. The van der Waals surface area contributed by atoms with Gasteiger partial charge in [0, 0.05) is 13.1 Å². The van der Waals surface area contributed by atoms with E-state index in [9.17, 15) is 4.79 Å². The number of nitrogens with one attached hydrogen (secondary N) is 2. The zero-order chi connectivity index (χ0) is 16.6. The molecule has 0 atom stereocenters. The fraction of sp³-hybridized carbons (Fsp3) is 0.316. The number of hydrogen-bond donors (Lipinski definition) is 2. The van der Waals surface area contributed by atoms with Gasteiger partial charge in [0.1, 0.15) is 13.2 Å². The van der Waals surface area contributed by atoms with Crippen LogP contribution in [0.5, 0.6) is 11.5 Å². The minimum absolute atomic E-state index is 0.136. The molecule has 0 bridgehead atoms. The molecule has 24 heavy (non-hydrogen) atoms. The molecule has 5 nitrogen and oxygen atoms in total. The van der Waals surface area contributed by atoms with Crippen LogP contribution in [0.2, 0.25) is 0 Å². The van der Waals surface area contributed by atoms with E-state index in [1.807, 2.05) is 36.4 Å². The van der Waals surface area contributed by atoms with Gasteiger partial charge in [-0.05, 0) is 36.1 Å². The molecule has 0 spiro atoms. The van der Waals surface area contributed by atoms with Crippen molar-refractivity contribution in [2.24, 2.45) is 0 Å². The fourth-order valence-electron chi connectivity index (χ4n) is 2.59. The third kappa shape index (κ3) is 4.65. The Balaban J connectivity index is 1.36. The smallest absolute Gasteiger partial charge is 0.314 e. The molecule has 1 heterocycles. The maximum absolute atomic E-state index is 11.8. The van der Waals surface area contributed by atoms with Crippen LogP contribution < -0.4 is 20.1 Å². The number of benzene rings is 2. The van der Waals surface area contributed by atoms with Crippen LogP contribution in [0.3, 0.4) is 0 Å². The first kappa shape index (κ1) is 16.2. The van der Waals surface area contributed by atoms with E-state index in [2.05, 4.69) is 22.8 Å². The second-order valence-corrected chi connectivity index (χ2v) is 5.65. The van der Waals surface area contributed by atoms with E-state index in [4.69, 9.17) is 9.47 Å². The van der Waals surface area contributed by atoms with Gasteiger partial charge in [0.2, 0.25) is 0 Å². The Morgan fingerprint density at radius 3 is 2.25 bits per heavy atom. The van der Waals surface area contributed by atoms with E-state index < -0.39 is 0 Å². The normalized spacial score (nSPS) is 12.5. The fourth-order valence-corrected chi connectivity index (χ4v) is 2.59. The lowest BCUT2D eigenvalue weighted by molar-refractivity contribution is 0.171. The van der Waals surface area contributed by atoms with Crippen LogP contribution in [-0.4, -0.2) is 32.3 Å². The van der Waals surface area contributed by atoms with Crippen molar-refractivity contribution in [2.45, 2.75) is 12.8 Å². The molecule has 2 amide bonds. The van der Waals surface area contributed by atoms with Gasteiger partial charge < -0.3 is 20.1 Å². The minimum Gasteiger partial charge on any atom is -0.486 e. The molecule has 5 heteroatoms. The van der Waals surface area contributed by atoms with Crippen LogP contribution in [0.1, 0.15) is 11.1 Å². The second-order valence-electron chi connectivity index (χ2n) is 5.65. The summed E-state index contributed by atoms with van der Waals surface area (Å²) < 4.78 is 11.1. The molecule has 1 aliphatic heterocycles. The number of carbonyl (C=O) groups is 1. The molecule has 3 rings (SSSR count). The summed E-state index contributed by atoms with van der Waals surface area (Å²) in [6, 6.07) is 15.9. The molecule has 2 aromatic carbocycles. The Morgan fingerprint density at radius 1 is 0.833 bits per heavy atom. The molecule has 0 radical (unpaired) electrons. The highest BCUT2D eigenvalue weighted by atomic mass is 16.6. The third-order valence-corrected chi connectivity index (χ3v) is 3.85. The van der Waals surface area contributed by atoms with E-state index in [0.717, 1.165) is 29.9 Å². The van der Waals surface area contributed by atoms with Gasteiger partial charge in [0.25, 0.3) is 0 Å². The van der Waals surface area contributed by atoms with Gasteiger partial charge in [0.15, 0.2) is 11.5 Å². The van der Waals surface area contributed by atoms with Crippen molar-refractivity contribution in [3.05, 3.63) is 59.7 Å². The van der Waals surface area contributed by atoms with Crippen molar-refractivity contribution >= 4 is 6.03 Å². The van der Waals surface area contributed by atoms with Gasteiger partial charge >= 0.3 is 6.03 Å². The van der Waals surface area contributed by atoms with Gasteiger partial charge in [0.05, 0.1) is 0 Å². The van der Waals surface area contributed by atoms with Crippen LogP contribution >= 0.6 is 0 Å². The average Bonchev–Trinajstić information content (AvgIpc) is 2.62. The SMILES string of the molecule is O=C(NCCc1ccccc1)NCCc1ccc2c(c1)OCCO2. The zero-order valence-electron chi connectivity index (χ0n) is 13.6. The van der Waals surface area contributed by atoms with E-state index in [-0.39, 0.29) is 6.03 Å². The summed E-state index contributed by atoms with van der Waals surface area (Å²) in [6.45, 7) is 2.38. The van der Waals surface area contributed by atoms with Crippen molar-refractivity contribution in [3.63, 3.8) is 0 Å². The maximum Gasteiger partial charge on any atom is 0.314 e. The predicted molar refractivity (Wildman–Crippen MR) is 92.7 cm³/mol. The van der Waals surface area contributed by atoms with Crippen molar-refractivity contribution in [2.75, 3.05) is 26.3 Å². The van der Waals surface area contributed by atoms with Crippen LogP contribution in [0.4, 0.5) is 4.79 Å². The predicted octanol–water partition coefficient (Wildman–Crippen LogP) is 2.54. The quantitative estimate of drug-likeness (QED) is 0.858. The number of ether oxygens (including phenoxy) is 2. The average molecular weight is 326 g/mol. The molecule has 0 saturated heterocycles. The van der Waals surface area contributed by atoms with Crippen molar-refractivity contribution in [1.29, 1.82) is 0 Å². The van der Waals surface area contributed by atoms with Gasteiger partial charge in [-0.15, -0.1) is 0 Å². The van der Waals surface area contributed by atoms with Gasteiger partial charge in [-0.1, -0.05) is 36.4 Å². The molecule has 2 N–H and O–H groups in total. The monoisotopic (exact) mass is 326 g/mol. The molecule has 0 aliphatic carbocycles. The molecular formula is C19H22N2O3. The van der Waals surface area contributed by atoms with Crippen molar-refractivity contribution < 1.29 is 14.3 Å². The van der Waals surface area contributed by atoms with E-state index in [0.29, 0.717) is 26.3 Å². The number of fused-ring (bicyclic) bond motifs is 1. The van der Waals surface area contributed by atoms with Crippen molar-refractivity contribution in [1.82, 2.24) is 10.6 Å². The van der Waals surface area contributed by atoms with Gasteiger partial charge in [-0.3, -0.25) is 0 Å². The summed E-state index contributed by atoms with van der Waals surface area (Å²) >= 11 is 0. The molecule has 2 aromatic rings. The second kappa shape index (κ2) is 8.24. The zero-order valence-corrected chi connectivity index (χ0v) is 13.6. The Morgan fingerprint density at radius 2 is 1.50 bits per heavy atom. The van der Waals surface area contributed by atoms with Crippen LogP contribution in [0, 0.1) is 0 Å². The summed E-state index contributed by atoms with van der Waals surface area (Å²) in [5, 5.41) is 5.75. The Labute approximate surface area is 142 Å². The van der Waals surface area contributed by atoms with E-state index >= 15 is 0 Å². The van der Waals surface area contributed by atoms with Gasteiger partial charge in [-0.25, -0.2) is 4.79 Å². The minimum atomic E-state index is -0.136. The molecule has 0 unspecified atom stereocenters. The number of urea groups is 1. The topological polar surface area (TPSA) is 59.6 Å². The summed E-state index contributed by atoms with van der Waals surface area (Å²) in [5.74, 6) is 1.57. The lowest BCUT2D eigenvalue weighted by Crippen LogP contribution is -2.37. The standard InChI is InChI=1S/C19H22N2O3/c22-19(20-10-8-15-4-2-1-3-5-15)21-11-9-16-6-7-17-18(14-16)24-13-12-23-17/h1-7,14H,8-13H2,(H2,20,21,22). The lowest BCUT2D eigenvalue weighted by atomic mass is 10.1. The highest BCUT2D eigenvalue weighted by Gasteiger charge is 2.11. The molecule has 126 valence electrons. The first-order valence-electron chi connectivity index (χ1n) is 8.25. The molecule has 0 fully saturated rings. The highest BCUT2D eigenvalue weighted by molar-refractivity contribution is 5.73. The number of amides is 2. The van der Waals surface area contributed by atoms with Crippen LogP contribution in [0.15, 0.2) is 48.5 Å². The summed E-state index contributed by atoms with van der Waals surface area (Å²) in [4.78, 5) is 11.8. The Kier molecular flexibility index (Phi) is 5.56. The summed E-state index contributed by atoms with van der Waals surface area (Å²) in [5.41, 5.74) is 2.33. The number of hydrogen-bond acceptors (Lipinski definition) is 3. The Hall–Kier alpha value is -2.69. The molecule has 0 aromatic heterocycles. The lowest BCUT2D eigenvalue weighted by Gasteiger charge is -2.18. The Bertz CT molecular complexity index is 674. The number of carbonyl (C=O) groups excluding carboxylic acids is 1. The van der Waals surface area contributed by atoms with Crippen LogP contribution in [-0.2, 0) is 12.8 Å². The largest absolute Gasteiger partial charge is 0.486 e. The number of rotatable bonds is 6. The summed E-state index contributed by atoms with van der Waals surface area (Å²) in [7, 11) is 0. The maximum atomic E-state index is 11.8. The first-order chi connectivity index (χ1) is 11.8. The first-order valence-corrected chi connectivity index (χ1v) is 8.25. The molecule has 0 saturated carbocycles. The van der Waals surface area contributed by atoms with Gasteiger partial charge in [-0.2, -0.15) is 0 Å². The van der Waals surface area contributed by atoms with Crippen molar-refractivity contribution in [3.8, 4) is 11.5 Å². The summed E-state index contributed by atoms with van der Waals surface area (Å²) in [6.07, 6.45) is 1.58.